The lowest BCUT2D eigenvalue weighted by atomic mass is 10.1. The van der Waals surface area contributed by atoms with Gasteiger partial charge in [-0.3, -0.25) is 10.1 Å². The summed E-state index contributed by atoms with van der Waals surface area (Å²) in [4.78, 5) is 18.3. The lowest BCUT2D eigenvalue weighted by Gasteiger charge is -2.02. The molecule has 0 fully saturated rings. The highest BCUT2D eigenvalue weighted by molar-refractivity contribution is 7.90. The van der Waals surface area contributed by atoms with Crippen molar-refractivity contribution in [1.29, 1.82) is 0 Å². The number of aryl methyl sites for hydroxylation is 1. The first-order valence-corrected chi connectivity index (χ1v) is 12.9. The maximum atomic E-state index is 12.7. The topological polar surface area (TPSA) is 108 Å². The maximum Gasteiger partial charge on any atom is 0.293 e. The van der Waals surface area contributed by atoms with Crippen LogP contribution >= 0.6 is 11.3 Å². The third kappa shape index (κ3) is 4.68. The van der Waals surface area contributed by atoms with Gasteiger partial charge in [-0.1, -0.05) is 24.3 Å². The summed E-state index contributed by atoms with van der Waals surface area (Å²) < 4.78 is 41.4. The minimum absolute atomic E-state index is 0.0171. The molecule has 4 aromatic rings. The van der Waals surface area contributed by atoms with E-state index in [1.807, 2.05) is 25.1 Å². The number of hydrogen-bond acceptors (Lipinski definition) is 8. The summed E-state index contributed by atoms with van der Waals surface area (Å²) in [6, 6.07) is 16.8. The second kappa shape index (κ2) is 8.96. The Morgan fingerprint density at radius 1 is 1.06 bits per heavy atom. The predicted octanol–water partition coefficient (Wildman–Crippen LogP) is 4.59. The number of carbonyl (C=O) groups is 1. The fourth-order valence-corrected chi connectivity index (χ4v) is 5.78. The number of thiazole rings is 1. The van der Waals surface area contributed by atoms with Crippen molar-refractivity contribution in [1.82, 2.24) is 4.98 Å². The molecule has 0 bridgehead atoms. The number of anilines is 1. The molecule has 2 aromatic carbocycles. The van der Waals surface area contributed by atoms with Crippen LogP contribution in [0.1, 0.15) is 32.4 Å². The summed E-state index contributed by atoms with van der Waals surface area (Å²) >= 11 is 1.37. The van der Waals surface area contributed by atoms with Crippen molar-refractivity contribution in [3.8, 4) is 11.5 Å². The van der Waals surface area contributed by atoms with Crippen LogP contribution in [-0.4, -0.2) is 26.1 Å². The van der Waals surface area contributed by atoms with Crippen LogP contribution in [0, 0.1) is 6.92 Å². The molecule has 10 heteroatoms. The third-order valence-corrected chi connectivity index (χ3v) is 7.96. The minimum atomic E-state index is -3.57. The Balaban J connectivity index is 1.25. The molecule has 1 amide bonds. The summed E-state index contributed by atoms with van der Waals surface area (Å²) in [5.74, 6) is 0.826. The molecule has 0 radical (unpaired) electrons. The first-order valence-electron chi connectivity index (χ1n) is 10.4. The van der Waals surface area contributed by atoms with Gasteiger partial charge in [0.2, 0.25) is 6.79 Å². The van der Waals surface area contributed by atoms with E-state index in [0.29, 0.717) is 11.6 Å². The summed E-state index contributed by atoms with van der Waals surface area (Å²) in [7, 11) is -3.57. The van der Waals surface area contributed by atoms with Crippen molar-refractivity contribution in [3.05, 3.63) is 88.3 Å². The molecule has 0 unspecified atom stereocenters. The van der Waals surface area contributed by atoms with Crippen LogP contribution < -0.4 is 14.8 Å². The first-order chi connectivity index (χ1) is 16.4. The predicted molar refractivity (Wildman–Crippen MR) is 126 cm³/mol. The van der Waals surface area contributed by atoms with Crippen LogP contribution in [0.4, 0.5) is 5.13 Å². The number of sulfone groups is 1. The highest BCUT2D eigenvalue weighted by atomic mass is 32.2. The number of nitrogens with zero attached hydrogens (tertiary/aromatic N) is 1. The second-order valence-electron chi connectivity index (χ2n) is 7.68. The van der Waals surface area contributed by atoms with Gasteiger partial charge in [-0.2, -0.15) is 0 Å². The highest BCUT2D eigenvalue weighted by Crippen LogP contribution is 2.34. The van der Waals surface area contributed by atoms with E-state index in [0.717, 1.165) is 27.6 Å². The SMILES string of the molecule is Cc1nc(NC(=O)c2ccc(CS(=O)(=O)c3ccccc3)o2)sc1Cc1ccc2c(c1)OCO2. The lowest BCUT2D eigenvalue weighted by molar-refractivity contribution is 0.0995. The number of nitrogens with one attached hydrogen (secondary N) is 1. The molecule has 2 aromatic heterocycles. The molecule has 0 saturated heterocycles. The van der Waals surface area contributed by atoms with Gasteiger partial charge in [0.15, 0.2) is 32.2 Å². The molecule has 0 saturated carbocycles. The molecule has 1 aliphatic rings. The van der Waals surface area contributed by atoms with E-state index < -0.39 is 15.7 Å². The smallest absolute Gasteiger partial charge is 0.293 e. The van der Waals surface area contributed by atoms with Crippen LogP contribution in [0.15, 0.2) is 70.0 Å². The fourth-order valence-electron chi connectivity index (χ4n) is 3.52. The molecule has 174 valence electrons. The van der Waals surface area contributed by atoms with Crippen molar-refractivity contribution < 1.29 is 27.1 Å². The number of rotatable bonds is 7. The van der Waals surface area contributed by atoms with Gasteiger partial charge in [0.1, 0.15) is 11.5 Å². The monoisotopic (exact) mass is 496 g/mol. The lowest BCUT2D eigenvalue weighted by Crippen LogP contribution is -2.10. The van der Waals surface area contributed by atoms with E-state index in [1.54, 1.807) is 18.2 Å². The van der Waals surface area contributed by atoms with E-state index >= 15 is 0 Å². The van der Waals surface area contributed by atoms with Gasteiger partial charge < -0.3 is 13.9 Å². The Bertz CT molecular complexity index is 1460. The van der Waals surface area contributed by atoms with Crippen molar-refractivity contribution in [2.24, 2.45) is 0 Å². The number of carbonyl (C=O) groups excluding carboxylic acids is 1. The van der Waals surface area contributed by atoms with E-state index in [1.165, 1.54) is 35.6 Å². The quantitative estimate of drug-likeness (QED) is 0.399. The van der Waals surface area contributed by atoms with Crippen LogP contribution in [-0.2, 0) is 22.0 Å². The molecule has 8 nitrogen and oxygen atoms in total. The summed E-state index contributed by atoms with van der Waals surface area (Å²) in [5, 5.41) is 3.17. The van der Waals surface area contributed by atoms with Crippen LogP contribution in [0.2, 0.25) is 0 Å². The average Bonchev–Trinajstić information content (AvgIpc) is 3.55. The molecule has 0 aliphatic carbocycles. The van der Waals surface area contributed by atoms with Crippen LogP contribution in [0.5, 0.6) is 11.5 Å². The fraction of sp³-hybridized carbons (Fsp3) is 0.167. The number of ether oxygens (including phenoxy) is 2. The normalized spacial score (nSPS) is 12.6. The van der Waals surface area contributed by atoms with Crippen molar-refractivity contribution in [2.45, 2.75) is 24.0 Å². The molecule has 5 rings (SSSR count). The third-order valence-electron chi connectivity index (χ3n) is 5.23. The Labute approximate surface area is 200 Å². The zero-order valence-corrected chi connectivity index (χ0v) is 19.7. The van der Waals surface area contributed by atoms with Crippen LogP contribution in [0.3, 0.4) is 0 Å². The number of benzene rings is 2. The average molecular weight is 497 g/mol. The van der Waals surface area contributed by atoms with Crippen molar-refractivity contribution >= 4 is 32.2 Å². The summed E-state index contributed by atoms with van der Waals surface area (Å²) in [5.41, 5.74) is 1.86. The summed E-state index contributed by atoms with van der Waals surface area (Å²) in [6.07, 6.45) is 0.637. The molecule has 1 aliphatic heterocycles. The van der Waals surface area contributed by atoms with Gasteiger partial charge >= 0.3 is 0 Å². The van der Waals surface area contributed by atoms with Gasteiger partial charge in [0, 0.05) is 11.3 Å². The van der Waals surface area contributed by atoms with E-state index in [9.17, 15) is 13.2 Å². The Morgan fingerprint density at radius 2 is 1.85 bits per heavy atom. The maximum absolute atomic E-state index is 12.7. The first kappa shape index (κ1) is 22.2. The Hall–Kier alpha value is -3.63. The minimum Gasteiger partial charge on any atom is -0.455 e. The standard InChI is InChI=1S/C24H20N2O6S2/c1-15-22(12-16-7-9-19-21(11-16)31-14-30-19)33-24(25-15)26-23(27)20-10-8-17(32-20)13-34(28,29)18-5-3-2-4-6-18/h2-11H,12-14H2,1H3,(H,25,26,27). The van der Waals surface area contributed by atoms with Gasteiger partial charge in [0.05, 0.1) is 10.6 Å². The van der Waals surface area contributed by atoms with E-state index in [-0.39, 0.29) is 29.0 Å². The summed E-state index contributed by atoms with van der Waals surface area (Å²) in [6.45, 7) is 2.11. The zero-order chi connectivity index (χ0) is 23.7. The van der Waals surface area contributed by atoms with Crippen molar-refractivity contribution in [2.75, 3.05) is 12.1 Å². The van der Waals surface area contributed by atoms with Crippen molar-refractivity contribution in [3.63, 3.8) is 0 Å². The van der Waals surface area contributed by atoms with Gasteiger partial charge in [0.25, 0.3) is 5.91 Å². The second-order valence-corrected chi connectivity index (χ2v) is 10.8. The Morgan fingerprint density at radius 3 is 2.68 bits per heavy atom. The molecule has 1 N–H and O–H groups in total. The number of fused-ring (bicyclic) bond motifs is 1. The highest BCUT2D eigenvalue weighted by Gasteiger charge is 2.20. The van der Waals surface area contributed by atoms with Gasteiger partial charge in [-0.15, -0.1) is 11.3 Å². The molecule has 3 heterocycles. The molecular formula is C24H20N2O6S2. The largest absolute Gasteiger partial charge is 0.455 e. The van der Waals surface area contributed by atoms with E-state index in [2.05, 4.69) is 10.3 Å². The molecule has 0 atom stereocenters. The molecular weight excluding hydrogens is 476 g/mol. The van der Waals surface area contributed by atoms with Crippen LogP contribution in [0.25, 0.3) is 0 Å². The zero-order valence-electron chi connectivity index (χ0n) is 18.1. The van der Waals surface area contributed by atoms with E-state index in [4.69, 9.17) is 13.9 Å². The number of hydrogen-bond donors (Lipinski definition) is 1. The Kier molecular flexibility index (Phi) is 5.84. The number of aromatic nitrogens is 1. The molecule has 0 spiro atoms. The van der Waals surface area contributed by atoms with Gasteiger partial charge in [-0.25, -0.2) is 13.4 Å². The molecule has 34 heavy (non-hydrogen) atoms. The van der Waals surface area contributed by atoms with Gasteiger partial charge in [-0.05, 0) is 48.9 Å². The number of amides is 1. The number of furan rings is 1.